The summed E-state index contributed by atoms with van der Waals surface area (Å²) in [6.45, 7) is 1.38. The van der Waals surface area contributed by atoms with Gasteiger partial charge in [0.25, 0.3) is 0 Å². The molecule has 0 saturated heterocycles. The summed E-state index contributed by atoms with van der Waals surface area (Å²) in [6.07, 6.45) is 0.391. The Balaban J connectivity index is 3.39. The summed E-state index contributed by atoms with van der Waals surface area (Å²) in [5.74, 6) is -0.259. The molecule has 2 nitrogen and oxygen atoms in total. The second-order valence-corrected chi connectivity index (χ2v) is 24.7. The number of halogens is 3. The first-order valence-corrected chi connectivity index (χ1v) is 11.1. The Labute approximate surface area is 78.1 Å². The number of hydrogen-bond donors (Lipinski definition) is 0. The first kappa shape index (κ1) is 10.1. The molecular weight excluding hydrogens is 336 g/mol. The number of rotatable bonds is 2. The van der Waals surface area contributed by atoms with Crippen LogP contribution in [0.15, 0.2) is 0 Å². The van der Waals surface area contributed by atoms with Crippen molar-refractivity contribution in [3.8, 4) is 0 Å². The lowest BCUT2D eigenvalue weighted by atomic mass is 10.8. The number of esters is 1. The van der Waals surface area contributed by atoms with E-state index in [1.165, 1.54) is 6.92 Å². The van der Waals surface area contributed by atoms with Gasteiger partial charge in [0.1, 0.15) is 6.23 Å². The van der Waals surface area contributed by atoms with Crippen LogP contribution >= 0.6 is 45.9 Å². The highest BCUT2D eigenvalue weighted by Crippen LogP contribution is 2.26. The molecule has 0 aliphatic heterocycles. The van der Waals surface area contributed by atoms with Crippen LogP contribution in [0.4, 0.5) is 0 Å². The molecule has 0 heterocycles. The summed E-state index contributed by atoms with van der Waals surface area (Å²) in [7, 11) is 0. The van der Waals surface area contributed by atoms with Gasteiger partial charge in [-0.1, -0.05) is 45.9 Å². The van der Waals surface area contributed by atoms with E-state index < -0.39 is 3.93 Å². The quantitative estimate of drug-likeness (QED) is 0.438. The largest absolute Gasteiger partial charge is 0.466 e. The Morgan fingerprint density at radius 2 is 2.00 bits per heavy atom. The second-order valence-electron chi connectivity index (χ2n) is 1.40. The van der Waals surface area contributed by atoms with Gasteiger partial charge in [-0.05, 0) is 0 Å². The third-order valence-corrected chi connectivity index (χ3v) is 2.97. The lowest BCUT2D eigenvalue weighted by molar-refractivity contribution is -0.138. The first-order chi connectivity index (χ1) is 3.92. The van der Waals surface area contributed by atoms with Crippen molar-refractivity contribution in [2.45, 2.75) is 6.92 Å². The van der Waals surface area contributed by atoms with Crippen LogP contribution in [-0.4, -0.2) is 16.1 Å². The third-order valence-electron chi connectivity index (χ3n) is 0.439. The van der Waals surface area contributed by atoms with Crippen LogP contribution in [0.25, 0.3) is 0 Å². The van der Waals surface area contributed by atoms with E-state index in [9.17, 15) is 4.79 Å². The maximum atomic E-state index is 10.2. The molecule has 0 aromatic carbocycles. The average molecular weight is 341 g/mol. The topological polar surface area (TPSA) is 26.3 Å². The Morgan fingerprint density at radius 1 is 1.56 bits per heavy atom. The van der Waals surface area contributed by atoms with E-state index >= 15 is 0 Å². The summed E-state index contributed by atoms with van der Waals surface area (Å²) >= 11 is 9.91. The molecule has 0 N–H and O–H groups in total. The van der Waals surface area contributed by atoms with E-state index in [0.717, 1.165) is 0 Å². The molecule has 0 rings (SSSR count). The molecule has 0 aliphatic carbocycles. The summed E-state index contributed by atoms with van der Waals surface area (Å²) in [5.41, 5.74) is 0. The zero-order valence-electron chi connectivity index (χ0n) is 4.66. The minimum Gasteiger partial charge on any atom is -0.466 e. The van der Waals surface area contributed by atoms with Crippen molar-refractivity contribution in [2.24, 2.45) is 0 Å². The van der Waals surface area contributed by atoms with E-state index in [-0.39, 0.29) is 5.97 Å². The lowest BCUT2D eigenvalue weighted by Crippen LogP contribution is -2.19. The van der Waals surface area contributed by atoms with Crippen molar-refractivity contribution in [1.29, 1.82) is 0 Å². The predicted molar refractivity (Wildman–Crippen MR) is 49.2 cm³/mol. The second kappa shape index (κ2) is 4.10. The van der Waals surface area contributed by atoms with Crippen molar-refractivity contribution in [2.75, 3.05) is 6.23 Å². The van der Waals surface area contributed by atoms with Gasteiger partial charge in [0.15, 0.2) is 0 Å². The Hall–Kier alpha value is 1.13. The van der Waals surface area contributed by atoms with Gasteiger partial charge in [0.2, 0.25) is 0 Å². The average Bonchev–Trinajstić information content (AvgIpc) is 1.59. The molecule has 0 aliphatic rings. The molecule has 0 fully saturated rings. The highest BCUT2D eigenvalue weighted by molar-refractivity contribution is 9.72. The summed E-state index contributed by atoms with van der Waals surface area (Å²) in [4.78, 5) is 10.2. The SMILES string of the molecule is CC(=O)OC[Si](Br)(Br)Br. The number of carbonyl (C=O) groups excluding carboxylic acids is 1. The van der Waals surface area contributed by atoms with E-state index in [2.05, 4.69) is 50.6 Å². The smallest absolute Gasteiger partial charge is 0.304 e. The molecule has 0 radical (unpaired) electrons. The summed E-state index contributed by atoms with van der Waals surface area (Å²) in [6, 6.07) is 0. The van der Waals surface area contributed by atoms with Crippen LogP contribution in [0.1, 0.15) is 6.92 Å². The van der Waals surface area contributed by atoms with Gasteiger partial charge < -0.3 is 4.74 Å². The minimum atomic E-state index is -1.73. The van der Waals surface area contributed by atoms with Gasteiger partial charge in [-0.15, -0.1) is 0 Å². The molecule has 9 heavy (non-hydrogen) atoms. The van der Waals surface area contributed by atoms with Crippen LogP contribution in [0.2, 0.25) is 0 Å². The van der Waals surface area contributed by atoms with E-state index in [1.807, 2.05) is 0 Å². The predicted octanol–water partition coefficient (Wildman–Crippen LogP) is 2.21. The highest BCUT2D eigenvalue weighted by atomic mass is 80.0. The maximum Gasteiger partial charge on any atom is 0.304 e. The fraction of sp³-hybridized carbons (Fsp3) is 0.667. The van der Waals surface area contributed by atoms with E-state index in [1.54, 1.807) is 0 Å². The molecule has 0 bridgehead atoms. The molecule has 6 heteroatoms. The van der Waals surface area contributed by atoms with Crippen LogP contribution in [0.3, 0.4) is 0 Å². The molecule has 0 amide bonds. The van der Waals surface area contributed by atoms with Gasteiger partial charge in [-0.3, -0.25) is 4.79 Å². The zero-order chi connectivity index (χ0) is 7.49. The van der Waals surface area contributed by atoms with Gasteiger partial charge in [-0.25, -0.2) is 0 Å². The van der Waals surface area contributed by atoms with E-state index in [4.69, 9.17) is 0 Å². The Kier molecular flexibility index (Phi) is 4.61. The normalized spacial score (nSPS) is 11.1. The van der Waals surface area contributed by atoms with Crippen molar-refractivity contribution in [3.05, 3.63) is 0 Å². The molecule has 0 aromatic heterocycles. The standard InChI is InChI=1S/C3H5Br3O2Si/c1-3(7)8-2-9(4,5)6/h2H2,1H3. The van der Waals surface area contributed by atoms with Crippen molar-refractivity contribution in [3.63, 3.8) is 0 Å². The van der Waals surface area contributed by atoms with Crippen molar-refractivity contribution < 1.29 is 9.53 Å². The molecule has 0 aromatic rings. The monoisotopic (exact) mass is 338 g/mol. The molecule has 54 valence electrons. The zero-order valence-corrected chi connectivity index (χ0v) is 10.4. The van der Waals surface area contributed by atoms with Gasteiger partial charge in [0, 0.05) is 6.92 Å². The summed E-state index contributed by atoms with van der Waals surface area (Å²) in [5, 5.41) is 0. The van der Waals surface area contributed by atoms with Crippen molar-refractivity contribution in [1.82, 2.24) is 0 Å². The van der Waals surface area contributed by atoms with Crippen LogP contribution < -0.4 is 0 Å². The van der Waals surface area contributed by atoms with Gasteiger partial charge >= 0.3 is 9.90 Å². The number of ether oxygens (including phenoxy) is 1. The number of carbonyl (C=O) groups is 1. The van der Waals surface area contributed by atoms with E-state index in [0.29, 0.717) is 6.23 Å². The highest BCUT2D eigenvalue weighted by Gasteiger charge is 2.23. The summed E-state index contributed by atoms with van der Waals surface area (Å²) < 4.78 is 2.96. The molecular formula is C3H5Br3O2Si. The van der Waals surface area contributed by atoms with Crippen molar-refractivity contribution >= 4 is 55.8 Å². The Morgan fingerprint density at radius 3 is 2.11 bits per heavy atom. The van der Waals surface area contributed by atoms with Crippen LogP contribution in [0.5, 0.6) is 0 Å². The molecule has 0 saturated carbocycles. The molecule has 0 spiro atoms. The first-order valence-electron chi connectivity index (χ1n) is 2.12. The molecule has 0 unspecified atom stereocenters. The van der Waals surface area contributed by atoms with Crippen LogP contribution in [0, 0.1) is 0 Å². The molecule has 0 atom stereocenters. The van der Waals surface area contributed by atoms with Gasteiger partial charge in [-0.2, -0.15) is 0 Å². The third kappa shape index (κ3) is 9.13. The minimum absolute atomic E-state index is 0.259. The fourth-order valence-corrected chi connectivity index (χ4v) is 1.58. The fourth-order valence-electron chi connectivity index (χ4n) is 0.183. The number of hydrogen-bond acceptors (Lipinski definition) is 2. The van der Waals surface area contributed by atoms with Gasteiger partial charge in [0.05, 0.1) is 0 Å². The Bertz CT molecular complexity index is 110. The maximum absolute atomic E-state index is 10.2. The lowest BCUT2D eigenvalue weighted by Gasteiger charge is -2.07. The van der Waals surface area contributed by atoms with Crippen LogP contribution in [-0.2, 0) is 9.53 Å².